The predicted octanol–water partition coefficient (Wildman–Crippen LogP) is 2.34. The number of nitrogens with two attached hydrogens (primary N) is 1. The number of hydrogen-bond acceptors (Lipinski definition) is 3. The summed E-state index contributed by atoms with van der Waals surface area (Å²) >= 11 is 0. The lowest BCUT2D eigenvalue weighted by atomic mass is 9.99. The molecule has 1 heterocycles. The van der Waals surface area contributed by atoms with E-state index in [2.05, 4.69) is 6.92 Å². The molecule has 0 bridgehead atoms. The molecule has 1 aliphatic rings. The first-order chi connectivity index (χ1) is 9.46. The monoisotopic (exact) mass is 296 g/mol. The number of aryl methyl sites for hydroxylation is 1. The average molecular weight is 296 g/mol. The Morgan fingerprint density at radius 3 is 2.55 bits per heavy atom. The second-order valence-electron chi connectivity index (χ2n) is 5.62. The molecule has 0 radical (unpaired) electrons. The first-order valence-electron chi connectivity index (χ1n) is 7.33. The van der Waals surface area contributed by atoms with Crippen LogP contribution in [0.2, 0.25) is 0 Å². The summed E-state index contributed by atoms with van der Waals surface area (Å²) in [4.78, 5) is 0.349. The van der Waals surface area contributed by atoms with E-state index in [1.54, 1.807) is 12.1 Å². The van der Waals surface area contributed by atoms with Gasteiger partial charge in [0.1, 0.15) is 0 Å². The van der Waals surface area contributed by atoms with Crippen LogP contribution < -0.4 is 5.73 Å². The zero-order valence-corrected chi connectivity index (χ0v) is 13.1. The molecule has 2 rings (SSSR count). The summed E-state index contributed by atoms with van der Waals surface area (Å²) < 4.78 is 26.8. The molecule has 2 unspecified atom stereocenters. The molecular weight excluding hydrogens is 272 g/mol. The summed E-state index contributed by atoms with van der Waals surface area (Å²) in [6.45, 7) is 4.64. The van der Waals surface area contributed by atoms with Crippen molar-refractivity contribution >= 4 is 10.0 Å². The molecule has 2 atom stereocenters. The van der Waals surface area contributed by atoms with E-state index in [1.807, 2.05) is 19.1 Å². The summed E-state index contributed by atoms with van der Waals surface area (Å²) in [5.74, 6) is 0.206. The fourth-order valence-electron chi connectivity index (χ4n) is 2.71. The highest BCUT2D eigenvalue weighted by Crippen LogP contribution is 2.26. The van der Waals surface area contributed by atoms with Crippen LogP contribution in [0.3, 0.4) is 0 Å². The highest BCUT2D eigenvalue weighted by atomic mass is 32.2. The molecule has 0 saturated carbocycles. The van der Waals surface area contributed by atoms with Gasteiger partial charge < -0.3 is 5.73 Å². The molecule has 1 saturated heterocycles. The summed E-state index contributed by atoms with van der Waals surface area (Å²) in [7, 11) is -3.47. The van der Waals surface area contributed by atoms with E-state index in [4.69, 9.17) is 5.73 Å². The Hall–Kier alpha value is -0.910. The second-order valence-corrected chi connectivity index (χ2v) is 7.51. The summed E-state index contributed by atoms with van der Waals surface area (Å²) in [6, 6.07) is 7.20. The first-order valence-corrected chi connectivity index (χ1v) is 8.77. The van der Waals surface area contributed by atoms with Crippen LogP contribution in [0.25, 0.3) is 0 Å². The Bertz CT molecular complexity index is 539. The lowest BCUT2D eigenvalue weighted by Gasteiger charge is -2.36. The Kier molecular flexibility index (Phi) is 4.83. The largest absolute Gasteiger partial charge is 0.315 e. The number of nitrogens with zero attached hydrogens (tertiary/aromatic N) is 1. The fourth-order valence-corrected chi connectivity index (χ4v) is 4.35. The lowest BCUT2D eigenvalue weighted by Crippen LogP contribution is -2.52. The molecule has 0 amide bonds. The number of hydrogen-bond donors (Lipinski definition) is 1. The maximum absolute atomic E-state index is 12.7. The molecular formula is C15H24N2O2S. The number of rotatable bonds is 4. The van der Waals surface area contributed by atoms with E-state index < -0.39 is 16.2 Å². The fraction of sp³-hybridized carbons (Fsp3) is 0.600. The maximum Gasteiger partial charge on any atom is 0.244 e. The lowest BCUT2D eigenvalue weighted by molar-refractivity contribution is 0.192. The SMILES string of the molecule is CCCc1ccc(S(=O)(=O)N2CCCC(C)C2N)cc1. The van der Waals surface area contributed by atoms with Crippen LogP contribution in [0.4, 0.5) is 0 Å². The third-order valence-corrected chi connectivity index (χ3v) is 5.93. The molecule has 2 N–H and O–H groups in total. The van der Waals surface area contributed by atoms with Gasteiger partial charge in [-0.1, -0.05) is 32.4 Å². The molecule has 112 valence electrons. The normalized spacial score (nSPS) is 24.8. The minimum Gasteiger partial charge on any atom is -0.315 e. The van der Waals surface area contributed by atoms with Crippen molar-refractivity contribution in [2.75, 3.05) is 6.54 Å². The zero-order chi connectivity index (χ0) is 14.8. The van der Waals surface area contributed by atoms with E-state index in [0.717, 1.165) is 25.7 Å². The zero-order valence-electron chi connectivity index (χ0n) is 12.2. The maximum atomic E-state index is 12.7. The molecule has 5 heteroatoms. The first kappa shape index (κ1) is 15.5. The molecule has 0 aliphatic carbocycles. The van der Waals surface area contributed by atoms with Crippen LogP contribution in [0.15, 0.2) is 29.2 Å². The topological polar surface area (TPSA) is 63.4 Å². The third kappa shape index (κ3) is 3.05. The van der Waals surface area contributed by atoms with Gasteiger partial charge in [0, 0.05) is 6.54 Å². The van der Waals surface area contributed by atoms with Gasteiger partial charge in [0.2, 0.25) is 10.0 Å². The second kappa shape index (κ2) is 6.24. The van der Waals surface area contributed by atoms with E-state index in [0.29, 0.717) is 11.4 Å². The highest BCUT2D eigenvalue weighted by Gasteiger charge is 2.34. The van der Waals surface area contributed by atoms with Crippen LogP contribution in [0, 0.1) is 5.92 Å². The van der Waals surface area contributed by atoms with Crippen LogP contribution in [-0.2, 0) is 16.4 Å². The highest BCUT2D eigenvalue weighted by molar-refractivity contribution is 7.89. The van der Waals surface area contributed by atoms with Crippen molar-refractivity contribution in [3.8, 4) is 0 Å². The van der Waals surface area contributed by atoms with Gasteiger partial charge in [-0.2, -0.15) is 4.31 Å². The van der Waals surface area contributed by atoms with Crippen molar-refractivity contribution in [2.45, 2.75) is 50.6 Å². The Labute approximate surface area is 122 Å². The van der Waals surface area contributed by atoms with Gasteiger partial charge in [-0.3, -0.25) is 0 Å². The number of sulfonamides is 1. The van der Waals surface area contributed by atoms with Crippen molar-refractivity contribution in [2.24, 2.45) is 11.7 Å². The Morgan fingerprint density at radius 2 is 1.95 bits per heavy atom. The third-order valence-electron chi connectivity index (χ3n) is 4.02. The molecule has 1 fully saturated rings. The smallest absolute Gasteiger partial charge is 0.244 e. The van der Waals surface area contributed by atoms with Gasteiger partial charge in [-0.25, -0.2) is 8.42 Å². The average Bonchev–Trinajstić information content (AvgIpc) is 2.42. The predicted molar refractivity (Wildman–Crippen MR) is 80.7 cm³/mol. The van der Waals surface area contributed by atoms with Crippen LogP contribution in [0.5, 0.6) is 0 Å². The van der Waals surface area contributed by atoms with E-state index in [9.17, 15) is 8.42 Å². The summed E-state index contributed by atoms with van der Waals surface area (Å²) in [5, 5.41) is 0. The minimum absolute atomic E-state index is 0.206. The summed E-state index contributed by atoms with van der Waals surface area (Å²) in [5.41, 5.74) is 7.24. The van der Waals surface area contributed by atoms with Crippen LogP contribution in [-0.4, -0.2) is 25.4 Å². The molecule has 1 aliphatic heterocycles. The van der Waals surface area contributed by atoms with Gasteiger partial charge >= 0.3 is 0 Å². The van der Waals surface area contributed by atoms with Crippen molar-refractivity contribution in [3.63, 3.8) is 0 Å². The van der Waals surface area contributed by atoms with Crippen molar-refractivity contribution in [1.29, 1.82) is 0 Å². The van der Waals surface area contributed by atoms with Crippen molar-refractivity contribution < 1.29 is 8.42 Å². The molecule has 1 aromatic rings. The van der Waals surface area contributed by atoms with E-state index >= 15 is 0 Å². The number of benzene rings is 1. The minimum atomic E-state index is -3.47. The molecule has 0 spiro atoms. The van der Waals surface area contributed by atoms with E-state index in [1.165, 1.54) is 9.87 Å². The Morgan fingerprint density at radius 1 is 1.30 bits per heavy atom. The molecule has 0 aromatic heterocycles. The van der Waals surface area contributed by atoms with Gasteiger partial charge in [0.15, 0.2) is 0 Å². The van der Waals surface area contributed by atoms with Gasteiger partial charge in [0.25, 0.3) is 0 Å². The van der Waals surface area contributed by atoms with Gasteiger partial charge in [-0.15, -0.1) is 0 Å². The van der Waals surface area contributed by atoms with Crippen LogP contribution in [0.1, 0.15) is 38.7 Å². The molecule has 4 nitrogen and oxygen atoms in total. The Balaban J connectivity index is 2.25. The van der Waals surface area contributed by atoms with E-state index in [-0.39, 0.29) is 5.92 Å². The standard InChI is InChI=1S/C15H24N2O2S/c1-3-5-13-7-9-14(10-8-13)20(18,19)17-11-4-6-12(2)15(17)16/h7-10,12,15H,3-6,11,16H2,1-2H3. The van der Waals surface area contributed by atoms with Gasteiger partial charge in [-0.05, 0) is 42.9 Å². The quantitative estimate of drug-likeness (QED) is 0.927. The summed E-state index contributed by atoms with van der Waals surface area (Å²) in [6.07, 6.45) is 3.48. The van der Waals surface area contributed by atoms with Crippen molar-refractivity contribution in [3.05, 3.63) is 29.8 Å². The number of piperidine rings is 1. The van der Waals surface area contributed by atoms with Crippen LogP contribution >= 0.6 is 0 Å². The molecule has 1 aromatic carbocycles. The molecule has 20 heavy (non-hydrogen) atoms. The van der Waals surface area contributed by atoms with Gasteiger partial charge in [0.05, 0.1) is 11.1 Å². The van der Waals surface area contributed by atoms with Crippen molar-refractivity contribution in [1.82, 2.24) is 4.31 Å².